The molecule has 130 heavy (non-hydrogen) atoms. The molecule has 32 heteroatoms. The van der Waals surface area contributed by atoms with E-state index >= 15 is 0 Å². The van der Waals surface area contributed by atoms with E-state index in [1.165, 1.54) is 29.8 Å². The Morgan fingerprint density at radius 2 is 0.685 bits per heavy atom. The van der Waals surface area contributed by atoms with Gasteiger partial charge in [0, 0.05) is 137 Å². The van der Waals surface area contributed by atoms with Crippen molar-refractivity contribution in [2.75, 3.05) is 32.7 Å². The SMILES string of the molecule is Cc1ccc(C(=O)NCCc2cccc(C(=O)O)c2)cc1-n1c(C)ccc1C.Cc1ccc(C(=O)O)cc1-n1c(C)ccc1C.Cc1ccc(C)n1-c1cc(C(=O)N2CCCC(c3ccc(C(=O)O)cc3)C2)ccc1C(=O)O.Cc1ccc(C)n1-c1cc(C(=O)NCCc2cccc(C(=O)O)c2)ccc1C(=O)O.NCCc1ccccc1.O=C=O.O=C=O.O=C=O.[3H][CH2-].[Na+].[OH-].[U]. The number of amides is 3. The van der Waals surface area contributed by atoms with Gasteiger partial charge >= 0.3 is 83.8 Å². The van der Waals surface area contributed by atoms with Crippen molar-refractivity contribution in [2.45, 2.75) is 107 Å². The molecular formula is C98H102N8NaO22U-. The van der Waals surface area contributed by atoms with Gasteiger partial charge < -0.3 is 83.1 Å². The second kappa shape index (κ2) is 55.7. The molecule has 30 nitrogen and oxygen atoms in total. The zero-order chi connectivity index (χ0) is 95.0. The molecule has 0 radical (unpaired) electrons. The van der Waals surface area contributed by atoms with Gasteiger partial charge in [-0.2, -0.15) is 28.8 Å². The van der Waals surface area contributed by atoms with E-state index in [4.69, 9.17) is 56.3 Å². The predicted octanol–water partition coefficient (Wildman–Crippen LogP) is 11.9. The van der Waals surface area contributed by atoms with Crippen molar-refractivity contribution in [3.63, 3.8) is 0 Å². The molecule has 1 fully saturated rings. The van der Waals surface area contributed by atoms with E-state index in [0.29, 0.717) is 72.6 Å². The Morgan fingerprint density at radius 1 is 0.377 bits per heavy atom. The Bertz CT molecular complexity index is 5890. The predicted molar refractivity (Wildman–Crippen MR) is 474 cm³/mol. The van der Waals surface area contributed by atoms with Gasteiger partial charge in [0.1, 0.15) is 0 Å². The second-order valence-corrected chi connectivity index (χ2v) is 29.0. The quantitative estimate of drug-likeness (QED) is 0.0225. The third-order valence-corrected chi connectivity index (χ3v) is 20.3. The molecule has 0 aliphatic carbocycles. The molecule has 11 N–H and O–H groups in total. The number of aromatic carboxylic acids is 6. The minimum atomic E-state index is -1.07. The van der Waals surface area contributed by atoms with Crippen LogP contribution in [0.5, 0.6) is 0 Å². The summed E-state index contributed by atoms with van der Waals surface area (Å²) < 4.78 is 13.4. The Hall–Kier alpha value is -13.8. The molecule has 0 spiro atoms. The van der Waals surface area contributed by atoms with Crippen LogP contribution in [-0.4, -0.2) is 164 Å². The first-order valence-electron chi connectivity index (χ1n) is 40.2. The van der Waals surface area contributed by atoms with Gasteiger partial charge in [-0.05, 0) is 287 Å². The number of carbonyl (C=O) groups excluding carboxylic acids is 9. The summed E-state index contributed by atoms with van der Waals surface area (Å²) in [5, 5.41) is 61.2. The molecule has 13 rings (SSSR count). The number of piperidine rings is 1. The van der Waals surface area contributed by atoms with E-state index in [1.807, 2.05) is 171 Å². The summed E-state index contributed by atoms with van der Waals surface area (Å²) in [5.74, 6) is -6.40. The maximum Gasteiger partial charge on any atom is 1.00 e. The van der Waals surface area contributed by atoms with Crippen molar-refractivity contribution >= 4 is 72.0 Å². The first kappa shape index (κ1) is 110. The van der Waals surface area contributed by atoms with E-state index in [0.717, 1.165) is 111 Å². The standard InChI is InChI=1S/C26H26N2O5.C23H22N2O5.C23H24N2O3.C14H15NO2.C8H11N.3CO2.CH3.Na.H2O.U/c1-16-5-6-17(2)28(16)23-14-20(11-12-22(23)26(32)33)24(29)27-13-3-4-21(15-27)18-7-9-19(10-8-18)25(30)31;1-14-6-7-15(2)25(14)20-13-17(8-9-19(20)23(29)30)21(26)24-11-10-16-4-3-5-18(12-16)22(27)28;1-15-7-10-19(14-21(15)25-16(2)8-9-17(25)3)22(26)24-12-11-18-5-4-6-20(13-18)23(27)28;1-9-4-7-12(14(16)17)8-13(9)15-10(2)5-6-11(15)3;9-7-6-8-4-2-1-3-5-8;3*2-1-3;;;;/h5-12,14,21H,3-4,13,15H2,1-2H3,(H,30,31)(H,32,33);3-9,12-13H,10-11H2,1-2H3,(H,24,26)(H,27,28)(H,29,30);4-10,13-14H,11-12H2,1-3H3,(H,24,26)(H,27,28);4-8H,1-3H3,(H,16,17);1-5H,6-7,9H2;;;;1H3;;1H2;/q;;;;;;;;-1;+1;;/p-1/i;;;;;;;;1T;;;. The Morgan fingerprint density at radius 3 is 1.05 bits per heavy atom. The summed E-state index contributed by atoms with van der Waals surface area (Å²) in [7, 11) is 2.50. The molecule has 1 aliphatic rings. The van der Waals surface area contributed by atoms with Gasteiger partial charge in [-0.3, -0.25) is 14.4 Å². The van der Waals surface area contributed by atoms with Crippen LogP contribution in [0.25, 0.3) is 22.7 Å². The first-order valence-corrected chi connectivity index (χ1v) is 39.4. The number of nitrogens with two attached hydrogens (primary N) is 1. The smallest absolute Gasteiger partial charge is 0.870 e. The number of nitrogens with one attached hydrogen (secondary N) is 2. The number of carboxylic acids is 6. The number of hydrogen-bond donors (Lipinski definition) is 9. The number of rotatable bonds is 22. The average Bonchev–Trinajstić information content (AvgIpc) is 1.76. The molecule has 0 bridgehead atoms. The number of likely N-dealkylation sites (tertiary alicyclic amines) is 1. The van der Waals surface area contributed by atoms with Crippen LogP contribution in [0.2, 0.25) is 0 Å². The van der Waals surface area contributed by atoms with Gasteiger partial charge in [0.15, 0.2) is 0 Å². The van der Waals surface area contributed by atoms with Gasteiger partial charge in [0.25, 0.3) is 17.7 Å². The normalized spacial score (nSPS) is 11.1. The number of aromatic nitrogens is 4. The average molecular weight is 2010 g/mol. The Kier molecular flexibility index (Phi) is 47.3. The van der Waals surface area contributed by atoms with Crippen molar-refractivity contribution in [3.8, 4) is 22.7 Å². The van der Waals surface area contributed by atoms with E-state index in [9.17, 15) is 53.4 Å². The molecule has 4 aromatic heterocycles. The van der Waals surface area contributed by atoms with Gasteiger partial charge in [-0.1, -0.05) is 78.9 Å². The third-order valence-electron chi connectivity index (χ3n) is 20.3. The van der Waals surface area contributed by atoms with Crippen molar-refractivity contribution in [2.24, 2.45) is 5.73 Å². The maximum absolute atomic E-state index is 13.4. The number of nitrogens with zero attached hydrogens (tertiary/aromatic N) is 5. The fourth-order valence-corrected chi connectivity index (χ4v) is 14.1. The monoisotopic (exact) mass is 2010 g/mol. The van der Waals surface area contributed by atoms with Crippen LogP contribution in [-0.2, 0) is 48.0 Å². The molecule has 8 aromatic carbocycles. The topological polar surface area (TPSA) is 480 Å². The number of carboxylic acid groups (broad SMARTS) is 6. The molecule has 12 aromatic rings. The van der Waals surface area contributed by atoms with Crippen LogP contribution in [0.1, 0.15) is 192 Å². The summed E-state index contributed by atoms with van der Waals surface area (Å²) in [5.41, 5.74) is 25.0. The minimum absolute atomic E-state index is 0. The second-order valence-electron chi connectivity index (χ2n) is 29.0. The van der Waals surface area contributed by atoms with E-state index < -0.39 is 35.8 Å². The molecule has 1 saturated heterocycles. The largest absolute Gasteiger partial charge is 1.00 e. The van der Waals surface area contributed by atoms with E-state index in [1.54, 1.807) is 88.3 Å². The van der Waals surface area contributed by atoms with Crippen LogP contribution < -0.4 is 45.9 Å². The van der Waals surface area contributed by atoms with Crippen LogP contribution in [0.3, 0.4) is 0 Å². The van der Waals surface area contributed by atoms with E-state index in [-0.39, 0.29) is 136 Å². The molecular weight excluding hydrogens is 1900 g/mol. The molecule has 1 atom stereocenters. The molecule has 3 amide bonds. The van der Waals surface area contributed by atoms with Crippen molar-refractivity contribution in [3.05, 3.63) is 361 Å². The van der Waals surface area contributed by atoms with E-state index in [2.05, 4.69) is 51.4 Å². The third kappa shape index (κ3) is 32.2. The summed E-state index contributed by atoms with van der Waals surface area (Å²) >= 11 is 0. The summed E-state index contributed by atoms with van der Waals surface area (Å²) in [6, 6.07) is 66.3. The number of benzene rings is 8. The fraction of sp³-hybridized carbons (Fsp3) is 0.214. The van der Waals surface area contributed by atoms with Crippen LogP contribution >= 0.6 is 0 Å². The van der Waals surface area contributed by atoms with Crippen molar-refractivity contribution in [1.82, 2.24) is 33.8 Å². The first-order chi connectivity index (χ1) is 61.1. The molecule has 1 aliphatic heterocycles. The fourth-order valence-electron chi connectivity index (χ4n) is 14.1. The van der Waals surface area contributed by atoms with Gasteiger partial charge in [-0.25, -0.2) is 30.1 Å². The van der Waals surface area contributed by atoms with Gasteiger partial charge in [-0.15, -0.1) is 0 Å². The molecule has 1 unspecified atom stereocenters. The van der Waals surface area contributed by atoms with Crippen molar-refractivity contribution in [1.29, 1.82) is 0 Å². The van der Waals surface area contributed by atoms with Gasteiger partial charge in [0.2, 0.25) is 0 Å². The molecule has 672 valence electrons. The van der Waals surface area contributed by atoms with Crippen LogP contribution in [0.4, 0.5) is 0 Å². The minimum Gasteiger partial charge on any atom is -0.870 e. The molecule has 5 heterocycles. The number of aryl methyl sites for hydroxylation is 10. The van der Waals surface area contributed by atoms with Gasteiger partial charge in [0.05, 0.1) is 44.8 Å². The molecule has 0 saturated carbocycles. The summed E-state index contributed by atoms with van der Waals surface area (Å²) in [6.07, 6.45) is 4.54. The zero-order valence-electron chi connectivity index (χ0n) is 74.8. The Labute approximate surface area is 799 Å². The maximum atomic E-state index is 13.4. The van der Waals surface area contributed by atoms with Crippen LogP contribution in [0.15, 0.2) is 224 Å². The number of hydrogen-bond acceptors (Lipinski definition) is 17. The Balaban J connectivity index is 0.000000555. The zero-order valence-corrected chi connectivity index (χ0v) is 79.9. The van der Waals surface area contributed by atoms with Crippen LogP contribution in [0, 0.1) is 108 Å². The number of carbonyl (C=O) groups is 9. The summed E-state index contributed by atoms with van der Waals surface area (Å²) in [6.45, 7) is 22.3. The van der Waals surface area contributed by atoms with Crippen molar-refractivity contribution < 1.29 is 170 Å². The summed E-state index contributed by atoms with van der Waals surface area (Å²) in [4.78, 5) is 157.